The fourth-order valence-corrected chi connectivity index (χ4v) is 3.20. The topological polar surface area (TPSA) is 49.0 Å². The van der Waals surface area contributed by atoms with E-state index in [0.717, 1.165) is 29.7 Å². The van der Waals surface area contributed by atoms with Gasteiger partial charge in [0.15, 0.2) is 0 Å². The van der Waals surface area contributed by atoms with Gasteiger partial charge in [-0.3, -0.25) is 0 Å². The van der Waals surface area contributed by atoms with Crippen molar-refractivity contribution in [3.63, 3.8) is 0 Å². The molecule has 2 aromatic rings. The Labute approximate surface area is 160 Å². The Balaban J connectivity index is 1.34. The van der Waals surface area contributed by atoms with Gasteiger partial charge in [0, 0.05) is 25.4 Å². The van der Waals surface area contributed by atoms with Crippen molar-refractivity contribution < 1.29 is 13.2 Å². The summed E-state index contributed by atoms with van der Waals surface area (Å²) in [6, 6.07) is 9.01. The van der Waals surface area contributed by atoms with Gasteiger partial charge in [-0.25, -0.2) is 4.98 Å². The molecule has 28 heavy (non-hydrogen) atoms. The average Bonchev–Trinajstić information content (AvgIpc) is 3.10. The molecule has 2 aliphatic heterocycles. The Morgan fingerprint density at radius 2 is 1.79 bits per heavy atom. The highest BCUT2D eigenvalue weighted by molar-refractivity contribution is 5.47. The lowest BCUT2D eigenvalue weighted by atomic mass is 9.99. The summed E-state index contributed by atoms with van der Waals surface area (Å²) in [6.45, 7) is 0.409. The minimum Gasteiger partial charge on any atom is -0.368 e. The number of aromatic nitrogens is 1. The number of alkyl halides is 3. The molecule has 2 aliphatic rings. The van der Waals surface area contributed by atoms with E-state index in [1.807, 2.05) is 36.8 Å². The number of nitrogens with one attached hydrogen (secondary N) is 3. The third kappa shape index (κ3) is 4.03. The van der Waals surface area contributed by atoms with Gasteiger partial charge in [-0.05, 0) is 52.7 Å². The van der Waals surface area contributed by atoms with E-state index in [1.54, 1.807) is 0 Å². The monoisotopic (exact) mass is 384 g/mol. The molecule has 0 fully saturated rings. The maximum atomic E-state index is 12.6. The molecule has 7 heteroatoms. The van der Waals surface area contributed by atoms with Crippen molar-refractivity contribution in [2.24, 2.45) is 0 Å². The highest BCUT2D eigenvalue weighted by Crippen LogP contribution is 2.29. The first kappa shape index (κ1) is 18.2. The third-order valence-electron chi connectivity index (χ3n) is 4.72. The van der Waals surface area contributed by atoms with Crippen LogP contribution in [-0.2, 0) is 19.1 Å². The van der Waals surface area contributed by atoms with E-state index in [-0.39, 0.29) is 6.17 Å². The number of rotatable bonds is 5. The van der Waals surface area contributed by atoms with E-state index in [1.165, 1.54) is 23.3 Å². The van der Waals surface area contributed by atoms with Crippen LogP contribution in [0.15, 0.2) is 78.3 Å². The molecule has 3 heterocycles. The Hall–Kier alpha value is -3.22. The van der Waals surface area contributed by atoms with Crippen molar-refractivity contribution >= 4 is 5.82 Å². The molecule has 0 saturated heterocycles. The van der Waals surface area contributed by atoms with Crippen LogP contribution in [-0.4, -0.2) is 11.1 Å². The molecular weight excluding hydrogens is 365 g/mol. The first-order valence-corrected chi connectivity index (χ1v) is 8.92. The maximum absolute atomic E-state index is 12.6. The van der Waals surface area contributed by atoms with Crippen molar-refractivity contribution in [3.05, 3.63) is 95.0 Å². The number of hydrogen-bond donors (Lipinski definition) is 3. The summed E-state index contributed by atoms with van der Waals surface area (Å²) < 4.78 is 37.8. The van der Waals surface area contributed by atoms with Crippen molar-refractivity contribution in [1.29, 1.82) is 0 Å². The second-order valence-corrected chi connectivity index (χ2v) is 6.69. The van der Waals surface area contributed by atoms with Crippen LogP contribution < -0.4 is 16.0 Å². The summed E-state index contributed by atoms with van der Waals surface area (Å²) in [5, 5.41) is 9.68. The SMILES string of the molecule is FC(F)(F)c1ccc(CNc2ccc(CC3=CNC4NC=CC=C34)cn2)cc1. The average molecular weight is 384 g/mol. The van der Waals surface area contributed by atoms with Crippen LogP contribution in [0.25, 0.3) is 0 Å². The van der Waals surface area contributed by atoms with Crippen LogP contribution in [0.5, 0.6) is 0 Å². The Kier molecular flexibility index (Phi) is 4.81. The minimum atomic E-state index is -4.31. The van der Waals surface area contributed by atoms with Gasteiger partial charge in [0.1, 0.15) is 12.0 Å². The maximum Gasteiger partial charge on any atom is 0.416 e. The second-order valence-electron chi connectivity index (χ2n) is 6.69. The largest absolute Gasteiger partial charge is 0.416 e. The van der Waals surface area contributed by atoms with Gasteiger partial charge >= 0.3 is 6.18 Å². The Bertz CT molecular complexity index is 926. The molecule has 0 bridgehead atoms. The first-order valence-electron chi connectivity index (χ1n) is 8.92. The van der Waals surface area contributed by atoms with E-state index in [2.05, 4.69) is 27.0 Å². The molecule has 0 radical (unpaired) electrons. The molecule has 1 aromatic heterocycles. The number of allylic oxidation sites excluding steroid dienone is 2. The van der Waals surface area contributed by atoms with Gasteiger partial charge in [-0.2, -0.15) is 13.2 Å². The summed E-state index contributed by atoms with van der Waals surface area (Å²) in [6.07, 6.45) is 6.43. The summed E-state index contributed by atoms with van der Waals surface area (Å²) >= 11 is 0. The number of dihydropyridines is 1. The normalized spacial score (nSPS) is 17.9. The second kappa shape index (κ2) is 7.42. The van der Waals surface area contributed by atoms with Crippen molar-refractivity contribution in [1.82, 2.24) is 15.6 Å². The molecule has 4 rings (SSSR count). The zero-order valence-electron chi connectivity index (χ0n) is 14.9. The fourth-order valence-electron chi connectivity index (χ4n) is 3.20. The lowest BCUT2D eigenvalue weighted by molar-refractivity contribution is -0.137. The third-order valence-corrected chi connectivity index (χ3v) is 4.72. The van der Waals surface area contributed by atoms with E-state index in [4.69, 9.17) is 0 Å². The molecule has 0 spiro atoms. The molecule has 0 saturated carbocycles. The van der Waals surface area contributed by atoms with Crippen LogP contribution >= 0.6 is 0 Å². The summed E-state index contributed by atoms with van der Waals surface area (Å²) in [7, 11) is 0. The van der Waals surface area contributed by atoms with Crippen molar-refractivity contribution in [2.75, 3.05) is 5.32 Å². The molecule has 0 aliphatic carbocycles. The molecule has 3 N–H and O–H groups in total. The molecule has 144 valence electrons. The Morgan fingerprint density at radius 1 is 1.00 bits per heavy atom. The van der Waals surface area contributed by atoms with Crippen LogP contribution in [0.3, 0.4) is 0 Å². The summed E-state index contributed by atoms with van der Waals surface area (Å²) in [5.74, 6) is 0.682. The number of fused-ring (bicyclic) bond motifs is 1. The van der Waals surface area contributed by atoms with E-state index >= 15 is 0 Å². The van der Waals surface area contributed by atoms with Crippen molar-refractivity contribution in [3.8, 4) is 0 Å². The lowest BCUT2D eigenvalue weighted by Crippen LogP contribution is -2.35. The van der Waals surface area contributed by atoms with E-state index in [9.17, 15) is 13.2 Å². The summed E-state index contributed by atoms with van der Waals surface area (Å²) in [4.78, 5) is 4.41. The molecule has 0 amide bonds. The molecular formula is C21H19F3N4. The van der Waals surface area contributed by atoms with Gasteiger partial charge in [0.05, 0.1) is 5.56 Å². The molecule has 4 nitrogen and oxygen atoms in total. The number of halogens is 3. The number of nitrogens with zero attached hydrogens (tertiary/aromatic N) is 1. The smallest absolute Gasteiger partial charge is 0.368 e. The van der Waals surface area contributed by atoms with Gasteiger partial charge in [-0.15, -0.1) is 0 Å². The summed E-state index contributed by atoms with van der Waals surface area (Å²) in [5.41, 5.74) is 3.65. The standard InChI is InChI=1S/C21H19F3N4/c22-21(23,24)17-6-3-14(4-7-17)11-26-19-8-5-15(12-27-19)10-16-13-28-20-18(16)2-1-9-25-20/h1-9,12-13,20,25,28H,10-11H2,(H,26,27). The van der Waals surface area contributed by atoms with Crippen LogP contribution in [0.4, 0.5) is 19.0 Å². The Morgan fingerprint density at radius 3 is 2.50 bits per heavy atom. The van der Waals surface area contributed by atoms with Crippen LogP contribution in [0, 0.1) is 0 Å². The lowest BCUT2D eigenvalue weighted by Gasteiger charge is -2.18. The number of anilines is 1. The van der Waals surface area contributed by atoms with Crippen LogP contribution in [0.2, 0.25) is 0 Å². The predicted molar refractivity (Wildman–Crippen MR) is 102 cm³/mol. The highest BCUT2D eigenvalue weighted by Gasteiger charge is 2.29. The van der Waals surface area contributed by atoms with E-state index < -0.39 is 11.7 Å². The number of hydrogen-bond acceptors (Lipinski definition) is 4. The zero-order valence-corrected chi connectivity index (χ0v) is 14.9. The number of benzene rings is 1. The highest BCUT2D eigenvalue weighted by atomic mass is 19.4. The number of pyridine rings is 1. The predicted octanol–water partition coefficient (Wildman–Crippen LogP) is 4.11. The van der Waals surface area contributed by atoms with Gasteiger partial charge < -0.3 is 16.0 Å². The quantitative estimate of drug-likeness (QED) is 0.726. The molecule has 1 aromatic carbocycles. The fraction of sp³-hybridized carbons (Fsp3) is 0.190. The van der Waals surface area contributed by atoms with Gasteiger partial charge in [0.2, 0.25) is 0 Å². The first-order chi connectivity index (χ1) is 13.5. The van der Waals surface area contributed by atoms with Crippen molar-refractivity contribution in [2.45, 2.75) is 25.3 Å². The van der Waals surface area contributed by atoms with E-state index in [0.29, 0.717) is 12.4 Å². The van der Waals surface area contributed by atoms with Gasteiger partial charge in [0.25, 0.3) is 0 Å². The zero-order chi connectivity index (χ0) is 19.6. The van der Waals surface area contributed by atoms with Crippen LogP contribution in [0.1, 0.15) is 16.7 Å². The van der Waals surface area contributed by atoms with Gasteiger partial charge in [-0.1, -0.05) is 24.3 Å². The molecule has 1 unspecified atom stereocenters. The minimum absolute atomic E-state index is 0.137. The molecule has 1 atom stereocenters.